The van der Waals surface area contributed by atoms with Crippen molar-refractivity contribution in [2.75, 3.05) is 26.2 Å². The van der Waals surface area contributed by atoms with E-state index in [0.717, 1.165) is 18.4 Å². The average molecular weight is 654 g/mol. The maximum Gasteiger partial charge on any atom is 0.410 e. The van der Waals surface area contributed by atoms with E-state index < -0.39 is 22.9 Å². The van der Waals surface area contributed by atoms with Gasteiger partial charge in [0.15, 0.2) is 5.65 Å². The van der Waals surface area contributed by atoms with Crippen molar-refractivity contribution in [1.82, 2.24) is 23.9 Å². The van der Waals surface area contributed by atoms with Crippen LogP contribution in [0.2, 0.25) is 5.15 Å². The molecule has 1 saturated carbocycles. The number of hydrogen-bond acceptors (Lipinski definition) is 7. The number of aliphatic hydroxyl groups is 1. The molecule has 1 atom stereocenters. The summed E-state index contributed by atoms with van der Waals surface area (Å²) in [5, 5.41) is 12.0. The Bertz CT molecular complexity index is 1710. The SMILES string of the molecule is CC(C)(C)OC(=O)N1CC(C)(C)OC[C@@H]1c1ccc(-n2c(Cl)cc3c(=O)n(CC4(O)CCN(C(=O)C5(C)CC5)CC4)cnc32)cc1. The molecule has 0 radical (unpaired) electrons. The van der Waals surface area contributed by atoms with Crippen LogP contribution in [0, 0.1) is 5.41 Å². The van der Waals surface area contributed by atoms with Gasteiger partial charge in [0.2, 0.25) is 5.91 Å². The van der Waals surface area contributed by atoms with Crippen molar-refractivity contribution in [1.29, 1.82) is 0 Å². The number of hydrogen-bond donors (Lipinski definition) is 1. The van der Waals surface area contributed by atoms with Crippen LogP contribution in [0.25, 0.3) is 16.7 Å². The van der Waals surface area contributed by atoms with E-state index in [-0.39, 0.29) is 29.5 Å². The van der Waals surface area contributed by atoms with Gasteiger partial charge in [-0.3, -0.25) is 23.6 Å². The molecule has 2 aromatic heterocycles. The Balaban J connectivity index is 1.21. The number of likely N-dealkylation sites (tertiary alicyclic amines) is 1. The number of aromatic nitrogens is 3. The van der Waals surface area contributed by atoms with Gasteiger partial charge in [-0.2, -0.15) is 0 Å². The van der Waals surface area contributed by atoms with E-state index in [9.17, 15) is 19.5 Å². The molecule has 6 rings (SSSR count). The quantitative estimate of drug-likeness (QED) is 0.408. The first-order valence-corrected chi connectivity index (χ1v) is 16.4. The first-order valence-electron chi connectivity index (χ1n) is 16.0. The van der Waals surface area contributed by atoms with Gasteiger partial charge in [-0.25, -0.2) is 9.78 Å². The molecule has 0 unspecified atom stereocenters. The summed E-state index contributed by atoms with van der Waals surface area (Å²) in [5.41, 5.74) is -0.810. The lowest BCUT2D eigenvalue weighted by atomic mass is 9.90. The molecule has 3 fully saturated rings. The van der Waals surface area contributed by atoms with Crippen LogP contribution in [0.1, 0.15) is 78.8 Å². The van der Waals surface area contributed by atoms with Crippen molar-refractivity contribution in [3.05, 3.63) is 57.7 Å². The number of nitrogens with zero attached hydrogens (tertiary/aromatic N) is 5. The second kappa shape index (κ2) is 11.4. The smallest absolute Gasteiger partial charge is 0.410 e. The lowest BCUT2D eigenvalue weighted by Crippen LogP contribution is -2.53. The van der Waals surface area contributed by atoms with Crippen LogP contribution in [0.15, 0.2) is 41.5 Å². The van der Waals surface area contributed by atoms with Crippen molar-refractivity contribution in [3.8, 4) is 5.69 Å². The van der Waals surface area contributed by atoms with Crippen molar-refractivity contribution < 1.29 is 24.2 Å². The normalized spacial score (nSPS) is 22.1. The number of rotatable bonds is 5. The van der Waals surface area contributed by atoms with Gasteiger partial charge in [0.25, 0.3) is 5.56 Å². The van der Waals surface area contributed by atoms with E-state index >= 15 is 0 Å². The highest BCUT2D eigenvalue weighted by Gasteiger charge is 2.48. The highest BCUT2D eigenvalue weighted by molar-refractivity contribution is 6.31. The first kappa shape index (κ1) is 32.5. The predicted octanol–water partition coefficient (Wildman–Crippen LogP) is 5.08. The lowest BCUT2D eigenvalue weighted by molar-refractivity contribution is -0.141. The van der Waals surface area contributed by atoms with Crippen LogP contribution in [0.4, 0.5) is 4.79 Å². The lowest BCUT2D eigenvalue weighted by Gasteiger charge is -2.44. The Hall–Kier alpha value is -3.41. The van der Waals surface area contributed by atoms with E-state index in [1.165, 1.54) is 10.9 Å². The zero-order valence-corrected chi connectivity index (χ0v) is 28.3. The molecule has 3 aliphatic rings. The van der Waals surface area contributed by atoms with Gasteiger partial charge >= 0.3 is 6.09 Å². The molecule has 4 heterocycles. The number of benzene rings is 1. The monoisotopic (exact) mass is 653 g/mol. The third kappa shape index (κ3) is 6.41. The Kier molecular flexibility index (Phi) is 8.05. The number of carbonyl (C=O) groups is 2. The van der Waals surface area contributed by atoms with Crippen LogP contribution < -0.4 is 5.56 Å². The summed E-state index contributed by atoms with van der Waals surface area (Å²) in [6.07, 6.45) is 3.67. The molecular weight excluding hydrogens is 610 g/mol. The minimum atomic E-state index is -1.12. The number of ether oxygens (including phenoxy) is 2. The summed E-state index contributed by atoms with van der Waals surface area (Å²) in [5.74, 6) is 0.162. The molecule has 0 spiro atoms. The number of carbonyl (C=O) groups excluding carboxylic acids is 2. The third-order valence-electron chi connectivity index (χ3n) is 9.43. The fourth-order valence-electron chi connectivity index (χ4n) is 6.42. The number of morpholine rings is 1. The third-order valence-corrected chi connectivity index (χ3v) is 9.70. The van der Waals surface area contributed by atoms with Crippen molar-refractivity contribution in [3.63, 3.8) is 0 Å². The van der Waals surface area contributed by atoms with E-state index in [0.29, 0.717) is 61.0 Å². The molecule has 1 aromatic carbocycles. The molecule has 2 saturated heterocycles. The Morgan fingerprint density at radius 3 is 2.35 bits per heavy atom. The minimum absolute atomic E-state index is 0.0833. The number of halogens is 1. The Morgan fingerprint density at radius 2 is 1.74 bits per heavy atom. The summed E-state index contributed by atoms with van der Waals surface area (Å²) in [6.45, 7) is 13.1. The molecule has 2 aliphatic heterocycles. The van der Waals surface area contributed by atoms with E-state index in [1.54, 1.807) is 15.5 Å². The van der Waals surface area contributed by atoms with E-state index in [1.807, 2.05) is 70.7 Å². The van der Waals surface area contributed by atoms with Crippen LogP contribution in [-0.2, 0) is 20.8 Å². The molecule has 248 valence electrons. The van der Waals surface area contributed by atoms with Gasteiger partial charge in [-0.15, -0.1) is 0 Å². The summed E-state index contributed by atoms with van der Waals surface area (Å²) in [4.78, 5) is 47.6. The maximum absolute atomic E-state index is 13.6. The fourth-order valence-corrected chi connectivity index (χ4v) is 6.71. The second-order valence-corrected chi connectivity index (χ2v) is 15.5. The highest BCUT2D eigenvalue weighted by atomic mass is 35.5. The Morgan fingerprint density at radius 1 is 1.09 bits per heavy atom. The van der Waals surface area contributed by atoms with Gasteiger partial charge in [-0.1, -0.05) is 30.7 Å². The second-order valence-electron chi connectivity index (χ2n) is 15.1. The minimum Gasteiger partial charge on any atom is -0.444 e. The maximum atomic E-state index is 13.6. The molecule has 11 nitrogen and oxygen atoms in total. The molecule has 46 heavy (non-hydrogen) atoms. The van der Waals surface area contributed by atoms with Crippen molar-refractivity contribution in [2.45, 2.75) is 96.6 Å². The number of fused-ring (bicyclic) bond motifs is 1. The van der Waals surface area contributed by atoms with Crippen LogP contribution in [0.5, 0.6) is 0 Å². The summed E-state index contributed by atoms with van der Waals surface area (Å²) < 4.78 is 14.9. The van der Waals surface area contributed by atoms with Gasteiger partial charge < -0.3 is 19.5 Å². The average Bonchev–Trinajstić information content (AvgIpc) is 3.64. The molecule has 0 bridgehead atoms. The zero-order valence-electron chi connectivity index (χ0n) is 27.5. The van der Waals surface area contributed by atoms with Gasteiger partial charge in [0, 0.05) is 24.2 Å². The van der Waals surface area contributed by atoms with Crippen LogP contribution >= 0.6 is 11.6 Å². The van der Waals surface area contributed by atoms with Gasteiger partial charge in [0.1, 0.15) is 17.1 Å². The molecular formula is C34H44ClN5O6. The first-order chi connectivity index (χ1) is 21.5. The summed E-state index contributed by atoms with van der Waals surface area (Å²) >= 11 is 6.68. The van der Waals surface area contributed by atoms with E-state index in [2.05, 4.69) is 4.98 Å². The largest absolute Gasteiger partial charge is 0.444 e. The molecule has 1 aliphatic carbocycles. The van der Waals surface area contributed by atoms with Gasteiger partial charge in [0.05, 0.1) is 42.3 Å². The predicted molar refractivity (Wildman–Crippen MR) is 174 cm³/mol. The molecule has 1 N–H and O–H groups in total. The number of piperidine rings is 1. The van der Waals surface area contributed by atoms with Crippen molar-refractivity contribution >= 4 is 34.6 Å². The summed E-state index contributed by atoms with van der Waals surface area (Å²) in [7, 11) is 0. The summed E-state index contributed by atoms with van der Waals surface area (Å²) in [6, 6.07) is 8.84. The highest BCUT2D eigenvalue weighted by Crippen LogP contribution is 2.47. The van der Waals surface area contributed by atoms with Gasteiger partial charge in [-0.05, 0) is 84.1 Å². The topological polar surface area (TPSA) is 119 Å². The molecule has 3 aromatic rings. The van der Waals surface area contributed by atoms with E-state index in [4.69, 9.17) is 21.1 Å². The molecule has 2 amide bonds. The fraction of sp³-hybridized carbons (Fsp3) is 0.588. The number of amides is 2. The Labute approximate surface area is 274 Å². The van der Waals surface area contributed by atoms with Crippen molar-refractivity contribution in [2.24, 2.45) is 5.41 Å². The molecule has 12 heteroatoms. The standard InChI is InChI=1S/C34H44ClN5O6/c1-31(2,3)46-30(43)39-19-32(4,5)45-18-25(39)22-7-9-23(10-8-22)40-26(35)17-24-27(40)36-21-38(28(24)41)20-34(44)13-15-37(16-14-34)29(42)33(6)11-12-33/h7-10,17,21,25,44H,11-16,18-20H2,1-6H3/t25-/m1/s1. The zero-order chi connectivity index (χ0) is 33.2. The van der Waals surface area contributed by atoms with Crippen LogP contribution in [-0.4, -0.2) is 84.1 Å². The van der Waals surface area contributed by atoms with Crippen LogP contribution in [0.3, 0.4) is 0 Å².